The SMILES string of the molecule is N=NC(N)c1ccccc1. The van der Waals surface area contributed by atoms with Crippen molar-refractivity contribution in [3.63, 3.8) is 0 Å². The molecule has 52 valence electrons. The van der Waals surface area contributed by atoms with E-state index in [1.165, 1.54) is 0 Å². The van der Waals surface area contributed by atoms with Gasteiger partial charge in [0.2, 0.25) is 0 Å². The van der Waals surface area contributed by atoms with Crippen LogP contribution in [0.15, 0.2) is 35.4 Å². The average Bonchev–Trinajstić information content (AvgIpc) is 2.05. The molecule has 0 radical (unpaired) electrons. The van der Waals surface area contributed by atoms with Gasteiger partial charge in [-0.05, 0) is 5.56 Å². The van der Waals surface area contributed by atoms with Crippen molar-refractivity contribution >= 4 is 0 Å². The minimum Gasteiger partial charge on any atom is -0.304 e. The Balaban J connectivity index is 2.84. The van der Waals surface area contributed by atoms with E-state index in [0.717, 1.165) is 5.56 Å². The first-order chi connectivity index (χ1) is 4.84. The molecule has 1 rings (SSSR count). The van der Waals surface area contributed by atoms with Gasteiger partial charge in [-0.25, -0.2) is 5.53 Å². The lowest BCUT2D eigenvalue weighted by atomic mass is 10.2. The van der Waals surface area contributed by atoms with E-state index in [-0.39, 0.29) is 0 Å². The third kappa shape index (κ3) is 1.39. The highest BCUT2D eigenvalue weighted by Gasteiger charge is 1.99. The number of hydrogen-bond donors (Lipinski definition) is 2. The summed E-state index contributed by atoms with van der Waals surface area (Å²) in [5.41, 5.74) is 13.0. The molecule has 0 bridgehead atoms. The molecule has 0 saturated carbocycles. The Kier molecular flexibility index (Phi) is 2.12. The van der Waals surface area contributed by atoms with Crippen LogP contribution in [0.25, 0.3) is 0 Å². The van der Waals surface area contributed by atoms with E-state index in [0.29, 0.717) is 0 Å². The van der Waals surface area contributed by atoms with Crippen LogP contribution < -0.4 is 5.73 Å². The minimum absolute atomic E-state index is 0.499. The van der Waals surface area contributed by atoms with Gasteiger partial charge in [0.1, 0.15) is 6.17 Å². The number of hydrogen-bond acceptors (Lipinski definition) is 3. The van der Waals surface area contributed by atoms with Gasteiger partial charge in [0.15, 0.2) is 0 Å². The van der Waals surface area contributed by atoms with Crippen LogP contribution in [0, 0.1) is 5.53 Å². The van der Waals surface area contributed by atoms with Crippen molar-refractivity contribution < 1.29 is 0 Å². The summed E-state index contributed by atoms with van der Waals surface area (Å²) in [5.74, 6) is 0. The molecule has 0 saturated heterocycles. The van der Waals surface area contributed by atoms with Gasteiger partial charge in [-0.15, -0.1) is 0 Å². The van der Waals surface area contributed by atoms with Crippen LogP contribution in [0.1, 0.15) is 11.7 Å². The molecule has 3 N–H and O–H groups in total. The van der Waals surface area contributed by atoms with Gasteiger partial charge < -0.3 is 5.73 Å². The summed E-state index contributed by atoms with van der Waals surface area (Å²) in [5, 5.41) is 3.19. The first kappa shape index (κ1) is 6.89. The number of rotatable bonds is 2. The lowest BCUT2D eigenvalue weighted by molar-refractivity contribution is 0.700. The minimum atomic E-state index is -0.499. The van der Waals surface area contributed by atoms with Gasteiger partial charge in [0, 0.05) is 0 Å². The van der Waals surface area contributed by atoms with E-state index in [4.69, 9.17) is 11.3 Å². The van der Waals surface area contributed by atoms with Crippen LogP contribution in [0.4, 0.5) is 0 Å². The largest absolute Gasteiger partial charge is 0.304 e. The summed E-state index contributed by atoms with van der Waals surface area (Å²) in [6.45, 7) is 0. The number of benzene rings is 1. The molecule has 1 aromatic rings. The average molecular weight is 135 g/mol. The summed E-state index contributed by atoms with van der Waals surface area (Å²) in [6.07, 6.45) is -0.499. The first-order valence-corrected chi connectivity index (χ1v) is 3.01. The summed E-state index contributed by atoms with van der Waals surface area (Å²) >= 11 is 0. The molecule has 0 aliphatic carbocycles. The smallest absolute Gasteiger partial charge is 0.143 e. The van der Waals surface area contributed by atoms with E-state index in [2.05, 4.69) is 5.11 Å². The van der Waals surface area contributed by atoms with E-state index in [1.807, 2.05) is 30.3 Å². The molecule has 0 aliphatic heterocycles. The van der Waals surface area contributed by atoms with Gasteiger partial charge in [-0.2, -0.15) is 5.11 Å². The second-order valence-corrected chi connectivity index (χ2v) is 1.98. The zero-order valence-electron chi connectivity index (χ0n) is 5.49. The van der Waals surface area contributed by atoms with Gasteiger partial charge >= 0.3 is 0 Å². The number of nitrogens with zero attached hydrogens (tertiary/aromatic N) is 1. The molecule has 0 aromatic heterocycles. The van der Waals surface area contributed by atoms with Crippen molar-refractivity contribution in [2.45, 2.75) is 6.17 Å². The molecule has 10 heavy (non-hydrogen) atoms. The predicted molar refractivity (Wildman–Crippen MR) is 38.5 cm³/mol. The Morgan fingerprint density at radius 2 is 1.90 bits per heavy atom. The maximum atomic E-state index is 6.65. The Morgan fingerprint density at radius 1 is 1.30 bits per heavy atom. The second kappa shape index (κ2) is 3.08. The van der Waals surface area contributed by atoms with Crippen molar-refractivity contribution in [1.82, 2.24) is 0 Å². The molecule has 0 fully saturated rings. The van der Waals surface area contributed by atoms with Crippen molar-refractivity contribution in [3.05, 3.63) is 35.9 Å². The summed E-state index contributed by atoms with van der Waals surface area (Å²) in [4.78, 5) is 0. The highest BCUT2D eigenvalue weighted by molar-refractivity contribution is 5.17. The van der Waals surface area contributed by atoms with E-state index in [9.17, 15) is 0 Å². The van der Waals surface area contributed by atoms with Gasteiger partial charge in [0.25, 0.3) is 0 Å². The second-order valence-electron chi connectivity index (χ2n) is 1.98. The molecule has 1 atom stereocenters. The standard InChI is InChI=1S/C7H9N3/c8-7(10-9)6-4-2-1-3-5-6/h1-5,7,9H,8H2. The zero-order valence-corrected chi connectivity index (χ0v) is 5.49. The van der Waals surface area contributed by atoms with Crippen LogP contribution in [0.5, 0.6) is 0 Å². The lowest BCUT2D eigenvalue weighted by Gasteiger charge is -2.01. The van der Waals surface area contributed by atoms with Crippen molar-refractivity contribution in [1.29, 1.82) is 5.53 Å². The van der Waals surface area contributed by atoms with Crippen LogP contribution in [-0.2, 0) is 0 Å². The molecule has 3 nitrogen and oxygen atoms in total. The highest BCUT2D eigenvalue weighted by Crippen LogP contribution is 2.08. The topological polar surface area (TPSA) is 62.2 Å². The van der Waals surface area contributed by atoms with Crippen LogP contribution in [-0.4, -0.2) is 0 Å². The summed E-state index contributed by atoms with van der Waals surface area (Å²) in [6, 6.07) is 9.35. The fraction of sp³-hybridized carbons (Fsp3) is 0.143. The first-order valence-electron chi connectivity index (χ1n) is 3.01. The quantitative estimate of drug-likeness (QED) is 0.595. The zero-order chi connectivity index (χ0) is 7.40. The molecule has 0 spiro atoms. The fourth-order valence-electron chi connectivity index (χ4n) is 0.725. The molecular weight excluding hydrogens is 126 g/mol. The van der Waals surface area contributed by atoms with Gasteiger partial charge in [-0.3, -0.25) is 0 Å². The monoisotopic (exact) mass is 135 g/mol. The molecule has 0 aliphatic rings. The normalized spacial score (nSPS) is 12.5. The molecule has 3 heteroatoms. The van der Waals surface area contributed by atoms with Crippen molar-refractivity contribution in [2.24, 2.45) is 10.8 Å². The third-order valence-corrected chi connectivity index (χ3v) is 1.28. The maximum Gasteiger partial charge on any atom is 0.143 e. The van der Waals surface area contributed by atoms with Crippen molar-refractivity contribution in [2.75, 3.05) is 0 Å². The molecule has 1 unspecified atom stereocenters. The fourth-order valence-corrected chi connectivity index (χ4v) is 0.725. The highest BCUT2D eigenvalue weighted by atomic mass is 15.1. The molecule has 0 heterocycles. The number of nitrogens with one attached hydrogen (secondary N) is 1. The molecular formula is C7H9N3. The van der Waals surface area contributed by atoms with E-state index >= 15 is 0 Å². The van der Waals surface area contributed by atoms with Gasteiger partial charge in [0.05, 0.1) is 0 Å². The Bertz CT molecular complexity index is 207. The van der Waals surface area contributed by atoms with Crippen molar-refractivity contribution in [3.8, 4) is 0 Å². The van der Waals surface area contributed by atoms with E-state index < -0.39 is 6.17 Å². The van der Waals surface area contributed by atoms with Gasteiger partial charge in [-0.1, -0.05) is 30.3 Å². The summed E-state index contributed by atoms with van der Waals surface area (Å²) < 4.78 is 0. The molecule has 0 amide bonds. The van der Waals surface area contributed by atoms with Crippen LogP contribution in [0.3, 0.4) is 0 Å². The Morgan fingerprint density at radius 3 is 2.40 bits per heavy atom. The lowest BCUT2D eigenvalue weighted by Crippen LogP contribution is -2.05. The third-order valence-electron chi connectivity index (χ3n) is 1.28. The number of nitrogens with two attached hydrogens (primary N) is 1. The summed E-state index contributed by atoms with van der Waals surface area (Å²) in [7, 11) is 0. The van der Waals surface area contributed by atoms with Crippen LogP contribution in [0.2, 0.25) is 0 Å². The Labute approximate surface area is 59.4 Å². The van der Waals surface area contributed by atoms with E-state index in [1.54, 1.807) is 0 Å². The van der Waals surface area contributed by atoms with Crippen LogP contribution >= 0.6 is 0 Å². The maximum absolute atomic E-state index is 6.65. The predicted octanol–water partition coefficient (Wildman–Crippen LogP) is 1.67. The molecule has 1 aromatic carbocycles. The Hall–Kier alpha value is -1.22.